The highest BCUT2D eigenvalue weighted by Gasteiger charge is 2.25. The third-order valence-electron chi connectivity index (χ3n) is 5.05. The number of aryl methyl sites for hydroxylation is 1. The molecular weight excluding hydrogens is 406 g/mol. The van der Waals surface area contributed by atoms with Crippen molar-refractivity contribution in [3.8, 4) is 11.4 Å². The maximum atomic E-state index is 12.7. The van der Waals surface area contributed by atoms with Gasteiger partial charge in [0.2, 0.25) is 17.6 Å². The molecule has 0 saturated carbocycles. The summed E-state index contributed by atoms with van der Waals surface area (Å²) in [6.45, 7) is 0.611. The number of carbonyl (C=O) groups is 2. The first-order chi connectivity index (χ1) is 14.5. The zero-order chi connectivity index (χ0) is 21.1. The van der Waals surface area contributed by atoms with Crippen molar-refractivity contribution in [1.82, 2.24) is 10.1 Å². The summed E-state index contributed by atoms with van der Waals surface area (Å²) in [5.41, 5.74) is 3.16. The molecule has 154 valence electrons. The number of anilines is 1. The molecule has 3 aromatic rings. The fourth-order valence-corrected chi connectivity index (χ4v) is 3.63. The SMILES string of the molecule is COC(=O)c1ccc2c(c1)CCN2C(=O)CCCc1nc(-c2ccc(Cl)cc2)no1. The summed E-state index contributed by atoms with van der Waals surface area (Å²) in [5.74, 6) is 0.664. The summed E-state index contributed by atoms with van der Waals surface area (Å²) in [5, 5.41) is 4.63. The van der Waals surface area contributed by atoms with E-state index in [1.165, 1.54) is 7.11 Å². The van der Waals surface area contributed by atoms with Crippen LogP contribution in [0.4, 0.5) is 5.69 Å². The Bertz CT molecular complexity index is 1080. The molecule has 0 saturated heterocycles. The molecule has 0 unspecified atom stereocenters. The molecule has 1 aliphatic heterocycles. The van der Waals surface area contributed by atoms with Crippen LogP contribution in [0.1, 0.15) is 34.7 Å². The second-order valence-electron chi connectivity index (χ2n) is 7.00. The van der Waals surface area contributed by atoms with Crippen molar-refractivity contribution in [1.29, 1.82) is 0 Å². The van der Waals surface area contributed by atoms with Crippen molar-refractivity contribution in [3.63, 3.8) is 0 Å². The third kappa shape index (κ3) is 4.21. The number of ether oxygens (including phenoxy) is 1. The van der Waals surface area contributed by atoms with E-state index in [0.717, 1.165) is 23.2 Å². The molecule has 0 radical (unpaired) electrons. The monoisotopic (exact) mass is 425 g/mol. The Morgan fingerprint density at radius 2 is 2.00 bits per heavy atom. The molecule has 0 spiro atoms. The maximum absolute atomic E-state index is 12.7. The van der Waals surface area contributed by atoms with E-state index >= 15 is 0 Å². The number of carbonyl (C=O) groups excluding carboxylic acids is 2. The predicted octanol–water partition coefficient (Wildman–Crippen LogP) is 4.09. The number of fused-ring (bicyclic) bond motifs is 1. The lowest BCUT2D eigenvalue weighted by Gasteiger charge is -2.17. The van der Waals surface area contributed by atoms with Gasteiger partial charge in [0.05, 0.1) is 12.7 Å². The smallest absolute Gasteiger partial charge is 0.337 e. The summed E-state index contributed by atoms with van der Waals surface area (Å²) in [4.78, 5) is 30.5. The van der Waals surface area contributed by atoms with Crippen molar-refractivity contribution in [2.24, 2.45) is 0 Å². The zero-order valence-corrected chi connectivity index (χ0v) is 17.2. The van der Waals surface area contributed by atoms with E-state index in [1.807, 2.05) is 18.2 Å². The van der Waals surface area contributed by atoms with E-state index in [0.29, 0.717) is 48.1 Å². The molecule has 4 rings (SSSR count). The average Bonchev–Trinajstić information content (AvgIpc) is 3.40. The second-order valence-corrected chi connectivity index (χ2v) is 7.44. The van der Waals surface area contributed by atoms with E-state index in [2.05, 4.69) is 10.1 Å². The minimum Gasteiger partial charge on any atom is -0.465 e. The van der Waals surface area contributed by atoms with Crippen LogP contribution in [0.5, 0.6) is 0 Å². The van der Waals surface area contributed by atoms with Gasteiger partial charge < -0.3 is 14.2 Å². The average molecular weight is 426 g/mol. The summed E-state index contributed by atoms with van der Waals surface area (Å²) >= 11 is 5.90. The molecule has 2 heterocycles. The number of hydrogen-bond donors (Lipinski definition) is 0. The van der Waals surface area contributed by atoms with Crippen LogP contribution in [0.2, 0.25) is 5.02 Å². The molecule has 0 bridgehead atoms. The number of rotatable bonds is 6. The van der Waals surface area contributed by atoms with Crippen molar-refractivity contribution in [3.05, 3.63) is 64.5 Å². The first-order valence-electron chi connectivity index (χ1n) is 9.65. The third-order valence-corrected chi connectivity index (χ3v) is 5.30. The van der Waals surface area contributed by atoms with E-state index in [9.17, 15) is 9.59 Å². The minimum atomic E-state index is -0.375. The summed E-state index contributed by atoms with van der Waals surface area (Å²) in [6, 6.07) is 12.5. The summed E-state index contributed by atoms with van der Waals surface area (Å²) in [6.07, 6.45) is 2.22. The van der Waals surface area contributed by atoms with Gasteiger partial charge >= 0.3 is 5.97 Å². The van der Waals surface area contributed by atoms with Gasteiger partial charge in [0.1, 0.15) is 0 Å². The zero-order valence-electron chi connectivity index (χ0n) is 16.4. The van der Waals surface area contributed by atoms with Gasteiger partial charge in [0.15, 0.2) is 0 Å². The van der Waals surface area contributed by atoms with Gasteiger partial charge in [-0.2, -0.15) is 4.98 Å². The molecule has 2 aromatic carbocycles. The molecule has 0 fully saturated rings. The van der Waals surface area contributed by atoms with Crippen LogP contribution < -0.4 is 4.90 Å². The number of methoxy groups -OCH3 is 1. The number of benzene rings is 2. The molecule has 1 aliphatic rings. The standard InChI is InChI=1S/C22H20ClN3O4/c1-29-22(28)16-7-10-18-15(13-16)11-12-26(18)20(27)4-2-3-19-24-21(25-30-19)14-5-8-17(23)9-6-14/h5-10,13H,2-4,11-12H2,1H3. The number of hydrogen-bond acceptors (Lipinski definition) is 6. The number of amides is 1. The Balaban J connectivity index is 1.33. The Morgan fingerprint density at radius 3 is 2.77 bits per heavy atom. The van der Waals surface area contributed by atoms with Gasteiger partial charge in [-0.05, 0) is 60.9 Å². The maximum Gasteiger partial charge on any atom is 0.337 e. The fourth-order valence-electron chi connectivity index (χ4n) is 3.50. The number of halogens is 1. The highest BCUT2D eigenvalue weighted by Crippen LogP contribution is 2.30. The number of aromatic nitrogens is 2. The lowest BCUT2D eigenvalue weighted by atomic mass is 10.1. The molecule has 0 N–H and O–H groups in total. The quantitative estimate of drug-likeness (QED) is 0.553. The summed E-state index contributed by atoms with van der Waals surface area (Å²) in [7, 11) is 1.35. The van der Waals surface area contributed by atoms with Gasteiger partial charge in [0.25, 0.3) is 0 Å². The van der Waals surface area contributed by atoms with Crippen molar-refractivity contribution in [2.45, 2.75) is 25.7 Å². The van der Waals surface area contributed by atoms with E-state index < -0.39 is 0 Å². The normalized spacial score (nSPS) is 12.7. The lowest BCUT2D eigenvalue weighted by Crippen LogP contribution is -2.28. The molecule has 1 aromatic heterocycles. The van der Waals surface area contributed by atoms with Crippen LogP contribution >= 0.6 is 11.6 Å². The van der Waals surface area contributed by atoms with Crippen LogP contribution in [0.15, 0.2) is 47.0 Å². The molecule has 0 atom stereocenters. The first kappa shape index (κ1) is 20.1. The largest absolute Gasteiger partial charge is 0.465 e. The van der Waals surface area contributed by atoms with E-state index in [4.69, 9.17) is 20.9 Å². The van der Waals surface area contributed by atoms with Crippen molar-refractivity contribution >= 4 is 29.2 Å². The fraction of sp³-hybridized carbons (Fsp3) is 0.273. The molecule has 7 nitrogen and oxygen atoms in total. The second kappa shape index (κ2) is 8.67. The Kier molecular flexibility index (Phi) is 5.81. The molecular formula is C22H20ClN3O4. The van der Waals surface area contributed by atoms with Crippen LogP contribution in [0, 0.1) is 0 Å². The van der Waals surface area contributed by atoms with Crippen LogP contribution in [0.3, 0.4) is 0 Å². The van der Waals surface area contributed by atoms with Gasteiger partial charge in [-0.15, -0.1) is 0 Å². The minimum absolute atomic E-state index is 0.0389. The molecule has 0 aliphatic carbocycles. The summed E-state index contributed by atoms with van der Waals surface area (Å²) < 4.78 is 10.1. The van der Waals surface area contributed by atoms with Crippen LogP contribution in [-0.2, 0) is 22.4 Å². The van der Waals surface area contributed by atoms with Gasteiger partial charge in [-0.25, -0.2) is 4.79 Å². The Labute approximate surface area is 178 Å². The highest BCUT2D eigenvalue weighted by atomic mass is 35.5. The molecule has 8 heteroatoms. The predicted molar refractivity (Wildman–Crippen MR) is 112 cm³/mol. The first-order valence-corrected chi connectivity index (χ1v) is 10.0. The van der Waals surface area contributed by atoms with Gasteiger partial charge in [-0.1, -0.05) is 16.8 Å². The molecule has 1 amide bonds. The number of nitrogens with zero attached hydrogens (tertiary/aromatic N) is 3. The van der Waals surface area contributed by atoms with Crippen molar-refractivity contribution in [2.75, 3.05) is 18.6 Å². The lowest BCUT2D eigenvalue weighted by molar-refractivity contribution is -0.118. The van der Waals surface area contributed by atoms with Crippen LogP contribution in [0.25, 0.3) is 11.4 Å². The highest BCUT2D eigenvalue weighted by molar-refractivity contribution is 6.30. The topological polar surface area (TPSA) is 85.5 Å². The Morgan fingerprint density at radius 1 is 1.20 bits per heavy atom. The Hall–Kier alpha value is -3.19. The van der Waals surface area contributed by atoms with E-state index in [1.54, 1.807) is 29.2 Å². The van der Waals surface area contributed by atoms with Crippen molar-refractivity contribution < 1.29 is 18.8 Å². The van der Waals surface area contributed by atoms with Gasteiger partial charge in [0, 0.05) is 35.7 Å². The molecule has 30 heavy (non-hydrogen) atoms. The van der Waals surface area contributed by atoms with Crippen LogP contribution in [-0.4, -0.2) is 35.7 Å². The number of esters is 1. The van der Waals surface area contributed by atoms with E-state index in [-0.39, 0.29) is 11.9 Å². The van der Waals surface area contributed by atoms with Gasteiger partial charge in [-0.3, -0.25) is 4.79 Å².